The van der Waals surface area contributed by atoms with Gasteiger partial charge < -0.3 is 0 Å². The zero-order valence-corrected chi connectivity index (χ0v) is 15.6. The number of rotatable bonds is 3. The summed E-state index contributed by atoms with van der Waals surface area (Å²) in [6.45, 7) is 7.85. The molecule has 1 aliphatic rings. The van der Waals surface area contributed by atoms with E-state index in [1.165, 1.54) is 6.42 Å². The van der Waals surface area contributed by atoms with Gasteiger partial charge in [0.25, 0.3) is 0 Å². The first kappa shape index (κ1) is 17.0. The van der Waals surface area contributed by atoms with Gasteiger partial charge in [0, 0.05) is 10.5 Å². The zero-order valence-electron chi connectivity index (χ0n) is 13.2. The quantitative estimate of drug-likeness (QED) is 0.861. The average molecular weight is 374 g/mol. The summed E-state index contributed by atoms with van der Waals surface area (Å²) in [6, 6.07) is 1.98. The van der Waals surface area contributed by atoms with Gasteiger partial charge in [-0.25, -0.2) is 13.1 Å². The first-order chi connectivity index (χ1) is 9.74. The molecule has 21 heavy (non-hydrogen) atoms. The SMILES string of the molecule is Cc1cc(C)c(S(=O)(=O)N[C@@H]2CCCC[C@@H]2C)c(C)c1Br. The van der Waals surface area contributed by atoms with Gasteiger partial charge >= 0.3 is 0 Å². The van der Waals surface area contributed by atoms with Crippen LogP contribution in [0.2, 0.25) is 0 Å². The fourth-order valence-electron chi connectivity index (χ4n) is 3.31. The molecule has 0 aromatic heterocycles. The van der Waals surface area contributed by atoms with Crippen LogP contribution in [-0.4, -0.2) is 14.5 Å². The van der Waals surface area contributed by atoms with Gasteiger partial charge in [0.05, 0.1) is 4.90 Å². The van der Waals surface area contributed by atoms with Crippen LogP contribution in [0.1, 0.15) is 49.3 Å². The van der Waals surface area contributed by atoms with Crippen molar-refractivity contribution in [2.24, 2.45) is 5.92 Å². The van der Waals surface area contributed by atoms with Crippen LogP contribution in [-0.2, 0) is 10.0 Å². The second-order valence-electron chi connectivity index (χ2n) is 6.27. The van der Waals surface area contributed by atoms with Gasteiger partial charge in [-0.15, -0.1) is 0 Å². The van der Waals surface area contributed by atoms with E-state index in [4.69, 9.17) is 0 Å². The number of hydrogen-bond acceptors (Lipinski definition) is 2. The summed E-state index contributed by atoms with van der Waals surface area (Å²) in [5.41, 5.74) is 2.67. The van der Waals surface area contributed by atoms with Crippen molar-refractivity contribution < 1.29 is 8.42 Å². The van der Waals surface area contributed by atoms with Gasteiger partial charge in [0.1, 0.15) is 0 Å². The molecular weight excluding hydrogens is 350 g/mol. The monoisotopic (exact) mass is 373 g/mol. The Bertz CT molecular complexity index is 640. The molecule has 1 saturated carbocycles. The van der Waals surface area contributed by atoms with Gasteiger partial charge in [-0.1, -0.05) is 41.8 Å². The van der Waals surface area contributed by atoms with E-state index in [0.29, 0.717) is 10.8 Å². The molecule has 2 rings (SSSR count). The van der Waals surface area contributed by atoms with E-state index >= 15 is 0 Å². The van der Waals surface area contributed by atoms with E-state index in [9.17, 15) is 8.42 Å². The second kappa shape index (κ2) is 6.39. The minimum absolute atomic E-state index is 0.0580. The van der Waals surface area contributed by atoms with Crippen molar-refractivity contribution in [2.45, 2.75) is 64.3 Å². The highest BCUT2D eigenvalue weighted by molar-refractivity contribution is 9.10. The lowest BCUT2D eigenvalue weighted by atomic mass is 9.87. The maximum absolute atomic E-state index is 12.8. The first-order valence-electron chi connectivity index (χ1n) is 7.52. The Balaban J connectivity index is 2.38. The van der Waals surface area contributed by atoms with Crippen LogP contribution in [0.4, 0.5) is 0 Å². The predicted octanol–water partition coefficient (Wildman–Crippen LogP) is 4.23. The average Bonchev–Trinajstić information content (AvgIpc) is 2.38. The Morgan fingerprint density at radius 2 is 1.76 bits per heavy atom. The predicted molar refractivity (Wildman–Crippen MR) is 90.1 cm³/mol. The fraction of sp³-hybridized carbons (Fsp3) is 0.625. The van der Waals surface area contributed by atoms with Crippen molar-refractivity contribution >= 4 is 26.0 Å². The Hall–Kier alpha value is -0.390. The zero-order chi connectivity index (χ0) is 15.8. The molecular formula is C16H24BrNO2S. The first-order valence-corrected chi connectivity index (χ1v) is 9.80. The maximum Gasteiger partial charge on any atom is 0.241 e. The highest BCUT2D eigenvalue weighted by atomic mass is 79.9. The van der Waals surface area contributed by atoms with Crippen LogP contribution in [0, 0.1) is 26.7 Å². The molecule has 0 unspecified atom stereocenters. The largest absolute Gasteiger partial charge is 0.241 e. The van der Waals surface area contributed by atoms with Gasteiger partial charge in [0.15, 0.2) is 0 Å². The molecule has 5 heteroatoms. The summed E-state index contributed by atoms with van der Waals surface area (Å²) in [5.74, 6) is 0.406. The van der Waals surface area contributed by atoms with Crippen LogP contribution in [0.3, 0.4) is 0 Å². The molecule has 0 saturated heterocycles. The minimum atomic E-state index is -3.47. The van der Waals surface area contributed by atoms with E-state index in [2.05, 4.69) is 27.6 Å². The second-order valence-corrected chi connectivity index (χ2v) is 8.71. The van der Waals surface area contributed by atoms with Crippen LogP contribution in [0.25, 0.3) is 0 Å². The lowest BCUT2D eigenvalue weighted by molar-refractivity contribution is 0.310. The Morgan fingerprint density at radius 1 is 1.14 bits per heavy atom. The minimum Gasteiger partial charge on any atom is -0.208 e. The third-order valence-electron chi connectivity index (χ3n) is 4.49. The molecule has 0 spiro atoms. The van der Waals surface area contributed by atoms with Gasteiger partial charge in [-0.2, -0.15) is 0 Å². The number of sulfonamides is 1. The van der Waals surface area contributed by atoms with Crippen LogP contribution >= 0.6 is 15.9 Å². The molecule has 118 valence electrons. The Morgan fingerprint density at radius 3 is 2.38 bits per heavy atom. The van der Waals surface area contributed by atoms with E-state index in [-0.39, 0.29) is 6.04 Å². The molecule has 0 aliphatic heterocycles. The molecule has 1 aliphatic carbocycles. The molecule has 0 radical (unpaired) electrons. The van der Waals surface area contributed by atoms with Crippen molar-refractivity contribution in [1.29, 1.82) is 0 Å². The number of halogens is 1. The molecule has 1 aromatic rings. The maximum atomic E-state index is 12.8. The fourth-order valence-corrected chi connectivity index (χ4v) is 5.61. The summed E-state index contributed by atoms with van der Waals surface area (Å²) in [4.78, 5) is 0.428. The smallest absolute Gasteiger partial charge is 0.208 e. The molecule has 2 atom stereocenters. The third-order valence-corrected chi connectivity index (χ3v) is 7.49. The number of nitrogens with one attached hydrogen (secondary N) is 1. The highest BCUT2D eigenvalue weighted by Gasteiger charge is 2.29. The van der Waals surface area contributed by atoms with E-state index in [1.807, 2.05) is 26.8 Å². The van der Waals surface area contributed by atoms with Gasteiger partial charge in [-0.3, -0.25) is 0 Å². The molecule has 0 bridgehead atoms. The van der Waals surface area contributed by atoms with Crippen molar-refractivity contribution in [3.05, 3.63) is 27.2 Å². The lowest BCUT2D eigenvalue weighted by Gasteiger charge is -2.29. The lowest BCUT2D eigenvalue weighted by Crippen LogP contribution is -2.41. The van der Waals surface area contributed by atoms with E-state index in [0.717, 1.165) is 40.4 Å². The van der Waals surface area contributed by atoms with Crippen molar-refractivity contribution in [3.63, 3.8) is 0 Å². The van der Waals surface area contributed by atoms with Crippen LogP contribution < -0.4 is 4.72 Å². The summed E-state index contributed by atoms with van der Waals surface area (Å²) in [5, 5.41) is 0. The van der Waals surface area contributed by atoms with E-state index < -0.39 is 10.0 Å². The number of aryl methyl sites for hydroxylation is 2. The van der Waals surface area contributed by atoms with Crippen molar-refractivity contribution in [1.82, 2.24) is 4.72 Å². The van der Waals surface area contributed by atoms with Crippen molar-refractivity contribution in [2.75, 3.05) is 0 Å². The van der Waals surface area contributed by atoms with Crippen LogP contribution in [0.5, 0.6) is 0 Å². The summed E-state index contributed by atoms with van der Waals surface area (Å²) in [7, 11) is -3.47. The van der Waals surface area contributed by atoms with Crippen LogP contribution in [0.15, 0.2) is 15.4 Å². The number of hydrogen-bond donors (Lipinski definition) is 1. The third kappa shape index (κ3) is 3.51. The molecule has 1 N–H and O–H groups in total. The van der Waals surface area contributed by atoms with Crippen molar-refractivity contribution in [3.8, 4) is 0 Å². The molecule has 1 aromatic carbocycles. The van der Waals surface area contributed by atoms with E-state index in [1.54, 1.807) is 0 Å². The highest BCUT2D eigenvalue weighted by Crippen LogP contribution is 2.31. The molecule has 3 nitrogen and oxygen atoms in total. The normalized spacial score (nSPS) is 23.3. The molecule has 0 heterocycles. The summed E-state index contributed by atoms with van der Waals surface area (Å²) >= 11 is 3.50. The van der Waals surface area contributed by atoms with Gasteiger partial charge in [-0.05, 0) is 56.2 Å². The molecule has 0 amide bonds. The summed E-state index contributed by atoms with van der Waals surface area (Å²) in [6.07, 6.45) is 4.34. The Kier molecular flexibility index (Phi) is 5.16. The Labute approximate surface area is 136 Å². The van der Waals surface area contributed by atoms with Gasteiger partial charge in [0.2, 0.25) is 10.0 Å². The topological polar surface area (TPSA) is 46.2 Å². The summed E-state index contributed by atoms with van der Waals surface area (Å²) < 4.78 is 29.5. The molecule has 1 fully saturated rings. The number of benzene rings is 1. The standard InChI is InChI=1S/C16H24BrNO2S/c1-10-7-5-6-8-14(10)18-21(19,20)16-12(3)9-11(2)15(17)13(16)4/h9-10,14,18H,5-8H2,1-4H3/t10-,14+/m0/s1.